The van der Waals surface area contributed by atoms with Crippen LogP contribution in [0.4, 0.5) is 4.79 Å². The number of amides is 3. The third-order valence-electron chi connectivity index (χ3n) is 3.58. The maximum absolute atomic E-state index is 11.9. The van der Waals surface area contributed by atoms with E-state index in [9.17, 15) is 9.59 Å². The van der Waals surface area contributed by atoms with Crippen molar-refractivity contribution in [3.05, 3.63) is 23.8 Å². The van der Waals surface area contributed by atoms with Gasteiger partial charge in [-0.1, -0.05) is 19.1 Å². The Bertz CT molecular complexity index is 563. The molecule has 0 unspecified atom stereocenters. The molecule has 7 nitrogen and oxygen atoms in total. The molecule has 1 atom stereocenters. The summed E-state index contributed by atoms with van der Waals surface area (Å²) in [7, 11) is 4.95. The highest BCUT2D eigenvalue weighted by atomic mass is 16.5. The molecule has 0 aromatic heterocycles. The van der Waals surface area contributed by atoms with Crippen molar-refractivity contribution < 1.29 is 19.1 Å². The summed E-state index contributed by atoms with van der Waals surface area (Å²) in [5.74, 6) is 0.919. The quantitative estimate of drug-likeness (QED) is 0.756. The Labute approximate surface area is 143 Å². The zero-order valence-corrected chi connectivity index (χ0v) is 15.0. The average molecular weight is 337 g/mol. The molecule has 0 spiro atoms. The van der Waals surface area contributed by atoms with Crippen LogP contribution in [-0.2, 0) is 11.3 Å². The van der Waals surface area contributed by atoms with Gasteiger partial charge in [-0.3, -0.25) is 15.0 Å². The Hall–Kier alpha value is -2.28. The molecule has 1 aromatic rings. The molecule has 0 bridgehead atoms. The molecule has 0 aliphatic carbocycles. The smallest absolute Gasteiger partial charge is 0.321 e. The summed E-state index contributed by atoms with van der Waals surface area (Å²) in [6.07, 6.45) is 0.803. The minimum atomic E-state index is -0.471. The van der Waals surface area contributed by atoms with Crippen LogP contribution in [0.25, 0.3) is 0 Å². The van der Waals surface area contributed by atoms with Crippen molar-refractivity contribution in [3.63, 3.8) is 0 Å². The van der Waals surface area contributed by atoms with E-state index in [1.54, 1.807) is 26.2 Å². The summed E-state index contributed by atoms with van der Waals surface area (Å²) in [6, 6.07) is 5.14. The molecule has 134 valence electrons. The molecule has 1 rings (SSSR count). The topological polar surface area (TPSA) is 79.9 Å². The summed E-state index contributed by atoms with van der Waals surface area (Å²) in [5.41, 5.74) is 0.899. The van der Waals surface area contributed by atoms with Gasteiger partial charge in [0.05, 0.1) is 20.8 Å². The first-order valence-corrected chi connectivity index (χ1v) is 7.90. The Kier molecular flexibility index (Phi) is 8.05. The molecule has 7 heteroatoms. The van der Waals surface area contributed by atoms with Gasteiger partial charge in [-0.05, 0) is 26.5 Å². The minimum Gasteiger partial charge on any atom is -0.493 e. The van der Waals surface area contributed by atoms with Gasteiger partial charge in [0.2, 0.25) is 5.91 Å². The van der Waals surface area contributed by atoms with Crippen molar-refractivity contribution in [2.75, 3.05) is 27.8 Å². The number of imide groups is 1. The summed E-state index contributed by atoms with van der Waals surface area (Å²) < 4.78 is 10.6. The van der Waals surface area contributed by atoms with Gasteiger partial charge in [-0.15, -0.1) is 0 Å². The number of hydrogen-bond donors (Lipinski definition) is 2. The molecule has 0 aliphatic rings. The highest BCUT2D eigenvalue weighted by Crippen LogP contribution is 2.31. The van der Waals surface area contributed by atoms with E-state index in [4.69, 9.17) is 9.47 Å². The van der Waals surface area contributed by atoms with E-state index in [-0.39, 0.29) is 18.5 Å². The summed E-state index contributed by atoms with van der Waals surface area (Å²) in [4.78, 5) is 25.4. The van der Waals surface area contributed by atoms with Crippen molar-refractivity contribution in [1.29, 1.82) is 0 Å². The number of rotatable bonds is 8. The van der Waals surface area contributed by atoms with Gasteiger partial charge >= 0.3 is 6.03 Å². The fourth-order valence-corrected chi connectivity index (χ4v) is 2.20. The second-order valence-corrected chi connectivity index (χ2v) is 5.66. The van der Waals surface area contributed by atoms with Crippen LogP contribution < -0.4 is 20.1 Å². The molecule has 0 heterocycles. The van der Waals surface area contributed by atoms with Crippen LogP contribution in [0.1, 0.15) is 25.8 Å². The van der Waals surface area contributed by atoms with Crippen LogP contribution >= 0.6 is 0 Å². The molecule has 0 saturated carbocycles. The van der Waals surface area contributed by atoms with E-state index >= 15 is 0 Å². The number of likely N-dealkylation sites (N-methyl/N-ethyl adjacent to an activating group) is 1. The standard InChI is InChI=1S/C17H27N3O4/c1-6-12(2)18-17(22)19-15(21)11-20(3)10-13-8-7-9-14(23-4)16(13)24-5/h7-9,12H,6,10-11H2,1-5H3,(H2,18,19,21,22)/t12-/m0/s1. The summed E-state index contributed by atoms with van der Waals surface area (Å²) >= 11 is 0. The number of methoxy groups -OCH3 is 2. The molecule has 0 fully saturated rings. The zero-order valence-electron chi connectivity index (χ0n) is 15.0. The van der Waals surface area contributed by atoms with Gasteiger partial charge in [0.15, 0.2) is 11.5 Å². The highest BCUT2D eigenvalue weighted by molar-refractivity contribution is 5.95. The van der Waals surface area contributed by atoms with E-state index in [0.29, 0.717) is 18.0 Å². The second-order valence-electron chi connectivity index (χ2n) is 5.66. The fourth-order valence-electron chi connectivity index (χ4n) is 2.20. The maximum Gasteiger partial charge on any atom is 0.321 e. The number of ether oxygens (including phenoxy) is 2. The zero-order chi connectivity index (χ0) is 18.1. The predicted octanol–water partition coefficient (Wildman–Crippen LogP) is 1.76. The van der Waals surface area contributed by atoms with Crippen LogP contribution in [-0.4, -0.2) is 50.7 Å². The number of nitrogens with zero attached hydrogens (tertiary/aromatic N) is 1. The van der Waals surface area contributed by atoms with E-state index in [1.165, 1.54) is 0 Å². The maximum atomic E-state index is 11.9. The van der Waals surface area contributed by atoms with E-state index < -0.39 is 6.03 Å². The van der Waals surface area contributed by atoms with E-state index in [1.807, 2.05) is 32.0 Å². The lowest BCUT2D eigenvalue weighted by molar-refractivity contribution is -0.121. The lowest BCUT2D eigenvalue weighted by Crippen LogP contribution is -2.46. The molecule has 3 amide bonds. The number of benzene rings is 1. The first kappa shape index (κ1) is 19.8. The summed E-state index contributed by atoms with van der Waals surface area (Å²) in [6.45, 7) is 4.42. The van der Waals surface area contributed by atoms with Crippen LogP contribution in [0.5, 0.6) is 11.5 Å². The lowest BCUT2D eigenvalue weighted by atomic mass is 10.1. The Morgan fingerprint density at radius 1 is 1.25 bits per heavy atom. The van der Waals surface area contributed by atoms with Crippen molar-refractivity contribution >= 4 is 11.9 Å². The van der Waals surface area contributed by atoms with Crippen LogP contribution in [0.2, 0.25) is 0 Å². The van der Waals surface area contributed by atoms with Gasteiger partial charge in [-0.2, -0.15) is 0 Å². The largest absolute Gasteiger partial charge is 0.493 e. The van der Waals surface area contributed by atoms with Gasteiger partial charge in [0.1, 0.15) is 0 Å². The van der Waals surface area contributed by atoms with Gasteiger partial charge < -0.3 is 14.8 Å². The number of para-hydroxylation sites is 1. The molecular weight excluding hydrogens is 310 g/mol. The van der Waals surface area contributed by atoms with Gasteiger partial charge in [0, 0.05) is 18.2 Å². The fraction of sp³-hybridized carbons (Fsp3) is 0.529. The van der Waals surface area contributed by atoms with Crippen molar-refractivity contribution in [2.24, 2.45) is 0 Å². The number of nitrogens with one attached hydrogen (secondary N) is 2. The Morgan fingerprint density at radius 3 is 2.54 bits per heavy atom. The van der Waals surface area contributed by atoms with Crippen molar-refractivity contribution in [3.8, 4) is 11.5 Å². The number of urea groups is 1. The molecule has 0 aliphatic heterocycles. The number of carbonyl (C=O) groups excluding carboxylic acids is 2. The molecule has 0 saturated heterocycles. The summed E-state index contributed by atoms with van der Waals surface area (Å²) in [5, 5.41) is 5.02. The van der Waals surface area contributed by atoms with Crippen molar-refractivity contribution in [1.82, 2.24) is 15.5 Å². The molecule has 1 aromatic carbocycles. The first-order chi connectivity index (χ1) is 11.4. The van der Waals surface area contributed by atoms with Crippen LogP contribution in [0, 0.1) is 0 Å². The predicted molar refractivity (Wildman–Crippen MR) is 92.3 cm³/mol. The van der Waals surface area contributed by atoms with E-state index in [0.717, 1.165) is 12.0 Å². The Morgan fingerprint density at radius 2 is 1.96 bits per heavy atom. The molecule has 2 N–H and O–H groups in total. The second kappa shape index (κ2) is 9.77. The SMILES string of the molecule is CC[C@H](C)NC(=O)NC(=O)CN(C)Cc1cccc(OC)c1OC. The molecule has 24 heavy (non-hydrogen) atoms. The number of hydrogen-bond acceptors (Lipinski definition) is 5. The van der Waals surface area contributed by atoms with E-state index in [2.05, 4.69) is 10.6 Å². The number of carbonyl (C=O) groups is 2. The van der Waals surface area contributed by atoms with Crippen LogP contribution in [0.3, 0.4) is 0 Å². The molecule has 0 radical (unpaired) electrons. The Balaban J connectivity index is 2.59. The third-order valence-corrected chi connectivity index (χ3v) is 3.58. The van der Waals surface area contributed by atoms with Gasteiger partial charge in [-0.25, -0.2) is 4.79 Å². The van der Waals surface area contributed by atoms with Gasteiger partial charge in [0.25, 0.3) is 0 Å². The lowest BCUT2D eigenvalue weighted by Gasteiger charge is -2.19. The third kappa shape index (κ3) is 6.08. The highest BCUT2D eigenvalue weighted by Gasteiger charge is 2.15. The molecular formula is C17H27N3O4. The average Bonchev–Trinajstić information content (AvgIpc) is 2.53. The normalized spacial score (nSPS) is 11.8. The minimum absolute atomic E-state index is 0.0246. The first-order valence-electron chi connectivity index (χ1n) is 7.90. The monoisotopic (exact) mass is 337 g/mol. The van der Waals surface area contributed by atoms with Crippen LogP contribution in [0.15, 0.2) is 18.2 Å². The van der Waals surface area contributed by atoms with Crippen molar-refractivity contribution in [2.45, 2.75) is 32.9 Å².